The summed E-state index contributed by atoms with van der Waals surface area (Å²) in [5, 5.41) is 13.1. The second kappa shape index (κ2) is 5.66. The van der Waals surface area contributed by atoms with Gasteiger partial charge in [0.1, 0.15) is 5.82 Å². The van der Waals surface area contributed by atoms with Gasteiger partial charge in [0.15, 0.2) is 0 Å². The fraction of sp³-hybridized carbons (Fsp3) is 0.0769. The predicted octanol–water partition coefficient (Wildman–Crippen LogP) is 4.97. The van der Waals surface area contributed by atoms with Crippen molar-refractivity contribution in [2.75, 3.05) is 5.32 Å². The van der Waals surface area contributed by atoms with Gasteiger partial charge in [0, 0.05) is 5.69 Å². The summed E-state index contributed by atoms with van der Waals surface area (Å²) in [7, 11) is 0. The van der Waals surface area contributed by atoms with Gasteiger partial charge in [0.05, 0.1) is 32.4 Å². The van der Waals surface area contributed by atoms with Crippen molar-refractivity contribution < 1.29 is 0 Å². The van der Waals surface area contributed by atoms with Crippen LogP contribution in [0.3, 0.4) is 0 Å². The second-order valence-electron chi connectivity index (χ2n) is 3.87. The van der Waals surface area contributed by atoms with Crippen LogP contribution in [0, 0.1) is 18.3 Å². The van der Waals surface area contributed by atoms with E-state index in [1.54, 1.807) is 24.3 Å². The number of pyridine rings is 1. The first-order valence-corrected chi connectivity index (χ1v) is 6.43. The molecule has 2 rings (SSSR count). The van der Waals surface area contributed by atoms with Gasteiger partial charge in [-0.05, 0) is 31.2 Å². The second-order valence-corrected chi connectivity index (χ2v) is 5.09. The molecule has 0 radical (unpaired) electrons. The predicted molar refractivity (Wildman–Crippen MR) is 78.4 cm³/mol. The van der Waals surface area contributed by atoms with E-state index in [1.807, 2.05) is 6.92 Å². The van der Waals surface area contributed by atoms with Gasteiger partial charge in [-0.3, -0.25) is 0 Å². The monoisotopic (exact) mass is 311 g/mol. The van der Waals surface area contributed by atoms with Crippen LogP contribution in [0.4, 0.5) is 11.5 Å². The van der Waals surface area contributed by atoms with Gasteiger partial charge < -0.3 is 5.32 Å². The van der Waals surface area contributed by atoms with Crippen molar-refractivity contribution >= 4 is 46.3 Å². The van der Waals surface area contributed by atoms with Crippen LogP contribution >= 0.6 is 34.8 Å². The Bertz CT molecular complexity index is 678. The highest BCUT2D eigenvalue weighted by atomic mass is 35.5. The molecule has 0 aliphatic heterocycles. The van der Waals surface area contributed by atoms with Crippen LogP contribution in [0.15, 0.2) is 24.3 Å². The Labute approximate surface area is 125 Å². The van der Waals surface area contributed by atoms with Gasteiger partial charge in [-0.1, -0.05) is 34.8 Å². The molecule has 3 nitrogen and oxygen atoms in total. The van der Waals surface area contributed by atoms with E-state index in [-0.39, 0.29) is 0 Å². The maximum Gasteiger partial charge on any atom is 0.131 e. The molecule has 1 aromatic heterocycles. The summed E-state index contributed by atoms with van der Waals surface area (Å²) in [4.78, 5) is 4.27. The van der Waals surface area contributed by atoms with E-state index < -0.39 is 0 Å². The zero-order valence-corrected chi connectivity index (χ0v) is 12.1. The lowest BCUT2D eigenvalue weighted by molar-refractivity contribution is 1.19. The number of halogens is 3. The van der Waals surface area contributed by atoms with E-state index in [9.17, 15) is 0 Å². The molecule has 0 aliphatic carbocycles. The highest BCUT2D eigenvalue weighted by molar-refractivity contribution is 6.44. The average Bonchev–Trinajstić information content (AvgIpc) is 2.35. The summed E-state index contributed by atoms with van der Waals surface area (Å²) in [6.45, 7) is 1.81. The molecule has 0 amide bonds. The lowest BCUT2D eigenvalue weighted by Gasteiger charge is -2.10. The summed E-state index contributed by atoms with van der Waals surface area (Å²) in [5.41, 5.74) is 1.84. The highest BCUT2D eigenvalue weighted by Crippen LogP contribution is 2.33. The Hall–Kier alpha value is -1.47. The molecule has 0 aliphatic rings. The summed E-state index contributed by atoms with van der Waals surface area (Å²) in [6, 6.07) is 8.56. The minimum Gasteiger partial charge on any atom is -0.339 e. The van der Waals surface area contributed by atoms with Crippen molar-refractivity contribution in [1.29, 1.82) is 5.26 Å². The average molecular weight is 313 g/mol. The summed E-state index contributed by atoms with van der Waals surface area (Å²) in [5.74, 6) is 0.525. The molecule has 0 bridgehead atoms. The van der Waals surface area contributed by atoms with Gasteiger partial charge in [-0.25, -0.2) is 4.98 Å². The first-order valence-electron chi connectivity index (χ1n) is 5.30. The number of aromatic nitrogens is 1. The van der Waals surface area contributed by atoms with E-state index in [2.05, 4.69) is 16.4 Å². The van der Waals surface area contributed by atoms with Gasteiger partial charge in [0.25, 0.3) is 0 Å². The molecular weight excluding hydrogens is 305 g/mol. The molecule has 0 saturated carbocycles. The van der Waals surface area contributed by atoms with E-state index in [0.717, 1.165) is 5.69 Å². The molecule has 1 aromatic carbocycles. The Morgan fingerprint density at radius 1 is 1.05 bits per heavy atom. The Kier molecular flexibility index (Phi) is 4.16. The molecule has 6 heteroatoms. The van der Waals surface area contributed by atoms with Crippen molar-refractivity contribution in [2.24, 2.45) is 0 Å². The number of anilines is 2. The largest absolute Gasteiger partial charge is 0.339 e. The number of nitriles is 1. The number of benzene rings is 1. The standard InChI is InChI=1S/C13H8Cl3N3/c1-7-2-8(6-17)3-13(18-7)19-12-5-10(15)9(14)4-11(12)16/h2-5H,1H3,(H,18,19). The third-order valence-electron chi connectivity index (χ3n) is 2.36. The molecular formula is C13H8Cl3N3. The molecule has 2 aromatic rings. The summed E-state index contributed by atoms with van der Waals surface area (Å²) in [6.07, 6.45) is 0. The van der Waals surface area contributed by atoms with Crippen LogP contribution in [-0.4, -0.2) is 4.98 Å². The number of aryl methyl sites for hydroxylation is 1. The van der Waals surface area contributed by atoms with Crippen molar-refractivity contribution in [3.8, 4) is 6.07 Å². The van der Waals surface area contributed by atoms with Crippen LogP contribution in [-0.2, 0) is 0 Å². The first-order chi connectivity index (χ1) is 8.99. The zero-order chi connectivity index (χ0) is 14.0. The minimum atomic E-state index is 0.382. The Morgan fingerprint density at radius 3 is 2.42 bits per heavy atom. The maximum absolute atomic E-state index is 8.92. The smallest absolute Gasteiger partial charge is 0.131 e. The van der Waals surface area contributed by atoms with E-state index in [1.165, 1.54) is 0 Å². The fourth-order valence-corrected chi connectivity index (χ4v) is 2.15. The number of hydrogen-bond acceptors (Lipinski definition) is 3. The molecule has 0 fully saturated rings. The molecule has 0 unspecified atom stereocenters. The summed E-state index contributed by atoms with van der Waals surface area (Å²) < 4.78 is 0. The minimum absolute atomic E-state index is 0.382. The zero-order valence-electron chi connectivity index (χ0n) is 9.84. The lowest BCUT2D eigenvalue weighted by atomic mass is 10.2. The van der Waals surface area contributed by atoms with Crippen molar-refractivity contribution in [3.63, 3.8) is 0 Å². The SMILES string of the molecule is Cc1cc(C#N)cc(Nc2cc(Cl)c(Cl)cc2Cl)n1. The van der Waals surface area contributed by atoms with Crippen molar-refractivity contribution in [3.05, 3.63) is 50.6 Å². The number of hydrogen-bond donors (Lipinski definition) is 1. The molecule has 1 heterocycles. The normalized spacial score (nSPS) is 10.1. The van der Waals surface area contributed by atoms with Crippen LogP contribution in [0.5, 0.6) is 0 Å². The third kappa shape index (κ3) is 3.30. The van der Waals surface area contributed by atoms with Crippen LogP contribution in [0.25, 0.3) is 0 Å². The van der Waals surface area contributed by atoms with E-state index in [0.29, 0.717) is 32.1 Å². The molecule has 19 heavy (non-hydrogen) atoms. The molecule has 0 spiro atoms. The molecule has 96 valence electrons. The molecule has 0 atom stereocenters. The molecule has 0 saturated heterocycles. The topological polar surface area (TPSA) is 48.7 Å². The lowest BCUT2D eigenvalue weighted by Crippen LogP contribution is -1.97. The first kappa shape index (κ1) is 14.0. The fourth-order valence-electron chi connectivity index (χ4n) is 1.55. The van der Waals surface area contributed by atoms with E-state index in [4.69, 9.17) is 40.1 Å². The van der Waals surface area contributed by atoms with Crippen molar-refractivity contribution in [1.82, 2.24) is 4.98 Å². The van der Waals surface area contributed by atoms with Gasteiger partial charge >= 0.3 is 0 Å². The molecule has 1 N–H and O–H groups in total. The van der Waals surface area contributed by atoms with Crippen LogP contribution in [0.1, 0.15) is 11.3 Å². The maximum atomic E-state index is 8.92. The van der Waals surface area contributed by atoms with Gasteiger partial charge in [-0.15, -0.1) is 0 Å². The third-order valence-corrected chi connectivity index (χ3v) is 3.39. The van der Waals surface area contributed by atoms with Crippen molar-refractivity contribution in [2.45, 2.75) is 6.92 Å². The van der Waals surface area contributed by atoms with Crippen LogP contribution in [0.2, 0.25) is 15.1 Å². The van der Waals surface area contributed by atoms with Gasteiger partial charge in [-0.2, -0.15) is 5.26 Å². The number of nitrogens with zero attached hydrogens (tertiary/aromatic N) is 2. The quantitative estimate of drug-likeness (QED) is 0.797. The Balaban J connectivity index is 2.39. The summed E-state index contributed by atoms with van der Waals surface area (Å²) >= 11 is 17.9. The van der Waals surface area contributed by atoms with Gasteiger partial charge in [0.2, 0.25) is 0 Å². The highest BCUT2D eigenvalue weighted by Gasteiger charge is 2.07. The number of rotatable bonds is 2. The number of nitrogens with one attached hydrogen (secondary N) is 1. The Morgan fingerprint density at radius 2 is 1.74 bits per heavy atom. The van der Waals surface area contributed by atoms with Crippen LogP contribution < -0.4 is 5.32 Å². The van der Waals surface area contributed by atoms with E-state index >= 15 is 0 Å².